The Morgan fingerprint density at radius 2 is 2.03 bits per heavy atom. The van der Waals surface area contributed by atoms with Gasteiger partial charge >= 0.3 is 5.97 Å². The molecular weight excluding hydrogens is 408 g/mol. The van der Waals surface area contributed by atoms with Crippen LogP contribution in [0.1, 0.15) is 79.1 Å². The van der Waals surface area contributed by atoms with Crippen molar-refractivity contribution in [3.63, 3.8) is 0 Å². The van der Waals surface area contributed by atoms with Crippen LogP contribution in [0, 0.1) is 28.6 Å². The molecule has 0 aromatic carbocycles. The van der Waals surface area contributed by atoms with E-state index in [1.165, 1.54) is 5.57 Å². The van der Waals surface area contributed by atoms with Gasteiger partial charge in [-0.05, 0) is 49.9 Å². The number of allylic oxidation sites excluding steroid dienone is 1. The summed E-state index contributed by atoms with van der Waals surface area (Å²) < 4.78 is 12.0. The van der Waals surface area contributed by atoms with Crippen LogP contribution in [-0.4, -0.2) is 36.2 Å². The van der Waals surface area contributed by atoms with E-state index >= 15 is 0 Å². The van der Waals surface area contributed by atoms with Gasteiger partial charge in [-0.15, -0.1) is 0 Å². The number of carbonyl (C=O) groups excluding carboxylic acids is 1. The van der Waals surface area contributed by atoms with Gasteiger partial charge in [-0.2, -0.15) is 4.89 Å². The zero-order valence-electron chi connectivity index (χ0n) is 20.1. The molecule has 6 heteroatoms. The van der Waals surface area contributed by atoms with Crippen LogP contribution in [0.3, 0.4) is 0 Å². The number of aliphatic hydroxyl groups is 1. The molecule has 32 heavy (non-hydrogen) atoms. The zero-order chi connectivity index (χ0) is 23.1. The van der Waals surface area contributed by atoms with Crippen molar-refractivity contribution >= 4 is 5.97 Å². The van der Waals surface area contributed by atoms with Crippen molar-refractivity contribution in [3.8, 4) is 0 Å². The predicted octanol–water partition coefficient (Wildman–Crippen LogP) is 5.07. The summed E-state index contributed by atoms with van der Waals surface area (Å²) in [5, 5.41) is 11.3. The van der Waals surface area contributed by atoms with Gasteiger partial charge in [0.25, 0.3) is 0 Å². The van der Waals surface area contributed by atoms with Crippen LogP contribution in [0.25, 0.3) is 0 Å². The van der Waals surface area contributed by atoms with E-state index in [0.29, 0.717) is 37.0 Å². The maximum Gasteiger partial charge on any atom is 0.305 e. The second kappa shape index (κ2) is 9.11. The van der Waals surface area contributed by atoms with Crippen LogP contribution >= 0.6 is 0 Å². The minimum Gasteiger partial charge on any atom is -0.462 e. The number of fused-ring (bicyclic) bond motifs is 5. The van der Waals surface area contributed by atoms with Crippen molar-refractivity contribution in [2.45, 2.75) is 97.6 Å². The highest BCUT2D eigenvalue weighted by molar-refractivity contribution is 5.69. The summed E-state index contributed by atoms with van der Waals surface area (Å²) in [6.07, 6.45) is 7.64. The second-order valence-electron chi connectivity index (χ2n) is 10.8. The molecular formula is C26H40O6. The molecule has 1 N–H and O–H groups in total. The van der Waals surface area contributed by atoms with Gasteiger partial charge in [0.1, 0.15) is 11.9 Å². The fourth-order valence-electron chi connectivity index (χ4n) is 7.06. The Hall–Kier alpha value is -1.37. The minimum absolute atomic E-state index is 0.0416. The molecule has 3 aliphatic carbocycles. The van der Waals surface area contributed by atoms with E-state index in [9.17, 15) is 9.90 Å². The fourth-order valence-corrected chi connectivity index (χ4v) is 7.06. The molecule has 0 radical (unpaired) electrons. The zero-order valence-corrected chi connectivity index (χ0v) is 20.1. The highest BCUT2D eigenvalue weighted by Gasteiger charge is 2.62. The molecule has 180 valence electrons. The average molecular weight is 449 g/mol. The summed E-state index contributed by atoms with van der Waals surface area (Å²) in [4.78, 5) is 22.9. The molecule has 0 amide bonds. The molecule has 1 heterocycles. The van der Waals surface area contributed by atoms with Gasteiger partial charge in [-0.1, -0.05) is 45.9 Å². The van der Waals surface area contributed by atoms with Gasteiger partial charge in [0, 0.05) is 30.1 Å². The monoisotopic (exact) mass is 448 g/mol. The predicted molar refractivity (Wildman–Crippen MR) is 120 cm³/mol. The number of carbonyl (C=O) groups is 1. The molecule has 0 aromatic rings. The molecule has 6 nitrogen and oxygen atoms in total. The van der Waals surface area contributed by atoms with Gasteiger partial charge < -0.3 is 19.5 Å². The maximum absolute atomic E-state index is 12.0. The van der Waals surface area contributed by atoms with Gasteiger partial charge in [0.15, 0.2) is 0 Å². The topological polar surface area (TPSA) is 74.2 Å². The van der Waals surface area contributed by atoms with Gasteiger partial charge in [-0.3, -0.25) is 4.79 Å². The van der Waals surface area contributed by atoms with Crippen LogP contribution in [0.4, 0.5) is 0 Å². The Morgan fingerprint density at radius 3 is 2.75 bits per heavy atom. The Kier molecular flexibility index (Phi) is 6.77. The van der Waals surface area contributed by atoms with Crippen LogP contribution in [0.15, 0.2) is 24.0 Å². The minimum atomic E-state index is -0.497. The molecule has 0 spiro atoms. The third-order valence-corrected chi connectivity index (χ3v) is 8.88. The van der Waals surface area contributed by atoms with E-state index < -0.39 is 12.4 Å². The average Bonchev–Trinajstić information content (AvgIpc) is 3.09. The van der Waals surface area contributed by atoms with Gasteiger partial charge in [-0.25, -0.2) is 0 Å². The SMILES string of the molecule is C=C(CCC)OO[C@@H]1CC2=C[C@H](O)C3C4CCC(OC(=O)CC)[C@@]4(C)CCC3[C@@]2(C)CO1. The smallest absolute Gasteiger partial charge is 0.305 e. The molecule has 2 saturated carbocycles. The Balaban J connectivity index is 1.49. The van der Waals surface area contributed by atoms with Crippen molar-refractivity contribution in [1.29, 1.82) is 0 Å². The lowest BCUT2D eigenvalue weighted by atomic mass is 9.49. The number of rotatable bonds is 7. The molecule has 8 atom stereocenters. The highest BCUT2D eigenvalue weighted by Crippen LogP contribution is 2.64. The van der Waals surface area contributed by atoms with Crippen LogP contribution < -0.4 is 0 Å². The molecule has 4 rings (SSSR count). The number of aliphatic hydroxyl groups excluding tert-OH is 1. The maximum atomic E-state index is 12.0. The van der Waals surface area contributed by atoms with Crippen molar-refractivity contribution < 1.29 is 29.1 Å². The molecule has 3 fully saturated rings. The molecule has 0 aromatic heterocycles. The quantitative estimate of drug-likeness (QED) is 0.193. The Bertz CT molecular complexity index is 761. The van der Waals surface area contributed by atoms with E-state index in [2.05, 4.69) is 33.4 Å². The molecule has 1 saturated heterocycles. The van der Waals surface area contributed by atoms with Crippen molar-refractivity contribution in [2.75, 3.05) is 6.61 Å². The first-order valence-corrected chi connectivity index (χ1v) is 12.4. The first-order chi connectivity index (χ1) is 15.2. The lowest BCUT2D eigenvalue weighted by Gasteiger charge is -2.58. The van der Waals surface area contributed by atoms with Crippen LogP contribution in [0.5, 0.6) is 0 Å². The lowest BCUT2D eigenvalue weighted by Crippen LogP contribution is -2.57. The summed E-state index contributed by atoms with van der Waals surface area (Å²) in [6, 6.07) is 0. The van der Waals surface area contributed by atoms with Crippen LogP contribution in [0.2, 0.25) is 0 Å². The van der Waals surface area contributed by atoms with Gasteiger partial charge in [0.05, 0.1) is 12.7 Å². The molecule has 1 aliphatic heterocycles. The number of hydrogen-bond donors (Lipinski definition) is 1. The van der Waals surface area contributed by atoms with E-state index in [4.69, 9.17) is 19.2 Å². The van der Waals surface area contributed by atoms with E-state index in [0.717, 1.165) is 38.5 Å². The molecule has 4 aliphatic rings. The largest absolute Gasteiger partial charge is 0.462 e. The Labute approximate surface area is 192 Å². The summed E-state index contributed by atoms with van der Waals surface area (Å²) in [6.45, 7) is 12.9. The number of esters is 1. The second-order valence-corrected chi connectivity index (χ2v) is 10.8. The van der Waals surface area contributed by atoms with E-state index in [-0.39, 0.29) is 28.8 Å². The number of ether oxygens (including phenoxy) is 2. The Morgan fingerprint density at radius 1 is 1.25 bits per heavy atom. The highest BCUT2D eigenvalue weighted by atomic mass is 17.2. The van der Waals surface area contributed by atoms with Crippen LogP contribution in [-0.2, 0) is 24.0 Å². The first-order valence-electron chi connectivity index (χ1n) is 12.4. The van der Waals surface area contributed by atoms with Crippen molar-refractivity contribution in [3.05, 3.63) is 24.0 Å². The van der Waals surface area contributed by atoms with Crippen molar-refractivity contribution in [2.24, 2.45) is 28.6 Å². The van der Waals surface area contributed by atoms with E-state index in [1.807, 2.05) is 6.92 Å². The summed E-state index contributed by atoms with van der Waals surface area (Å²) >= 11 is 0. The fraction of sp³-hybridized carbons (Fsp3) is 0.808. The summed E-state index contributed by atoms with van der Waals surface area (Å²) in [5.74, 6) is 1.33. The molecule has 0 bridgehead atoms. The van der Waals surface area contributed by atoms with E-state index in [1.54, 1.807) is 0 Å². The number of hydrogen-bond acceptors (Lipinski definition) is 6. The standard InChI is InChI=1S/C26H40O6/c1-6-8-16(3)31-32-23-14-17-13-20(27)24-18-9-10-21(30-22(28)7-2)25(18,4)12-11-19(24)26(17,5)15-29-23/h13,18-21,23-24,27H,3,6-12,14-15H2,1-2,4-5H3/t18?,19?,20-,21?,23+,24?,25-,26-/m0/s1. The first kappa shape index (κ1) is 23.8. The lowest BCUT2D eigenvalue weighted by molar-refractivity contribution is -0.368. The van der Waals surface area contributed by atoms with Crippen molar-refractivity contribution in [1.82, 2.24) is 0 Å². The van der Waals surface area contributed by atoms with Gasteiger partial charge in [0.2, 0.25) is 6.29 Å². The molecule has 4 unspecified atom stereocenters. The normalized spacial score (nSPS) is 42.8. The summed E-state index contributed by atoms with van der Waals surface area (Å²) in [7, 11) is 0. The summed E-state index contributed by atoms with van der Waals surface area (Å²) in [5.41, 5.74) is 1.02. The third-order valence-electron chi connectivity index (χ3n) is 8.88. The third kappa shape index (κ3) is 4.03.